The van der Waals surface area contributed by atoms with E-state index in [9.17, 15) is 4.79 Å². The molecule has 1 amide bonds. The molecule has 0 radical (unpaired) electrons. The van der Waals surface area contributed by atoms with E-state index in [0.29, 0.717) is 23.2 Å². The molecule has 3 rings (SSSR count). The van der Waals surface area contributed by atoms with Crippen LogP contribution in [0.25, 0.3) is 10.9 Å². The van der Waals surface area contributed by atoms with E-state index in [2.05, 4.69) is 36.1 Å². The Bertz CT molecular complexity index is 1080. The van der Waals surface area contributed by atoms with Gasteiger partial charge in [-0.25, -0.2) is 9.97 Å². The average Bonchev–Trinajstić information content (AvgIpc) is 2.77. The number of pyridine rings is 1. The third-order valence-corrected chi connectivity index (χ3v) is 5.24. The Morgan fingerprint density at radius 3 is 2.64 bits per heavy atom. The van der Waals surface area contributed by atoms with E-state index in [0.717, 1.165) is 60.9 Å². The van der Waals surface area contributed by atoms with Crippen LogP contribution in [0.4, 0.5) is 11.5 Å². The fourth-order valence-corrected chi connectivity index (χ4v) is 3.63. The summed E-state index contributed by atoms with van der Waals surface area (Å²) in [7, 11) is 0. The molecule has 0 atom stereocenters. The van der Waals surface area contributed by atoms with Gasteiger partial charge < -0.3 is 10.6 Å². The van der Waals surface area contributed by atoms with E-state index in [-0.39, 0.29) is 5.91 Å². The second-order valence-electron chi connectivity index (χ2n) is 7.82. The van der Waals surface area contributed by atoms with Crippen LogP contribution in [0.15, 0.2) is 41.6 Å². The van der Waals surface area contributed by atoms with Crippen molar-refractivity contribution in [3.63, 3.8) is 0 Å². The number of hydrazone groups is 1. The van der Waals surface area contributed by atoms with Gasteiger partial charge in [-0.3, -0.25) is 15.2 Å². The van der Waals surface area contributed by atoms with Gasteiger partial charge >= 0.3 is 0 Å². The number of hydrogen-bond donors (Lipinski definition) is 3. The van der Waals surface area contributed by atoms with Crippen molar-refractivity contribution in [1.82, 2.24) is 20.3 Å². The Morgan fingerprint density at radius 2 is 1.82 bits per heavy atom. The highest BCUT2D eigenvalue weighted by atomic mass is 35.5. The molecule has 0 unspecified atom stereocenters. The number of nitrogens with zero attached hydrogens (tertiary/aromatic N) is 4. The zero-order chi connectivity index (χ0) is 23.5. The predicted octanol–water partition coefficient (Wildman–Crippen LogP) is 4.87. The maximum absolute atomic E-state index is 11.8. The maximum atomic E-state index is 11.8. The lowest BCUT2D eigenvalue weighted by Gasteiger charge is -2.09. The number of benzene rings is 1. The molecule has 0 aliphatic carbocycles. The van der Waals surface area contributed by atoms with E-state index in [1.54, 1.807) is 12.3 Å². The van der Waals surface area contributed by atoms with E-state index in [4.69, 9.17) is 11.6 Å². The Kier molecular flexibility index (Phi) is 9.38. The van der Waals surface area contributed by atoms with Crippen LogP contribution in [0.1, 0.15) is 43.6 Å². The molecule has 2 heterocycles. The van der Waals surface area contributed by atoms with E-state index in [1.165, 1.54) is 6.21 Å². The molecule has 0 spiro atoms. The summed E-state index contributed by atoms with van der Waals surface area (Å²) < 4.78 is 0. The molecule has 2 aromatic heterocycles. The minimum atomic E-state index is -0.222. The van der Waals surface area contributed by atoms with Gasteiger partial charge in [0.25, 0.3) is 5.91 Å². The molecule has 3 aromatic rings. The average molecular weight is 468 g/mol. The number of anilines is 2. The number of unbranched alkanes of at least 4 members (excludes halogenated alkanes) is 4. The van der Waals surface area contributed by atoms with Crippen molar-refractivity contribution in [2.45, 2.75) is 46.0 Å². The Balaban J connectivity index is 1.23. The van der Waals surface area contributed by atoms with Gasteiger partial charge in [-0.05, 0) is 51.0 Å². The second kappa shape index (κ2) is 12.7. The van der Waals surface area contributed by atoms with Crippen LogP contribution in [0.2, 0.25) is 5.02 Å². The van der Waals surface area contributed by atoms with Gasteiger partial charge in [0.15, 0.2) is 0 Å². The number of nitrogens with one attached hydrogen (secondary N) is 3. The lowest BCUT2D eigenvalue weighted by atomic mass is 10.1. The summed E-state index contributed by atoms with van der Waals surface area (Å²) in [5.41, 5.74) is 5.58. The van der Waals surface area contributed by atoms with Crippen molar-refractivity contribution < 1.29 is 4.79 Å². The van der Waals surface area contributed by atoms with Gasteiger partial charge in [-0.1, -0.05) is 30.9 Å². The fraction of sp³-hybridized carbons (Fsp3) is 0.375. The largest absolute Gasteiger partial charge is 0.384 e. The van der Waals surface area contributed by atoms with Gasteiger partial charge in [0.1, 0.15) is 17.9 Å². The summed E-state index contributed by atoms with van der Waals surface area (Å²) >= 11 is 6.04. The van der Waals surface area contributed by atoms with Gasteiger partial charge in [0.05, 0.1) is 5.52 Å². The number of halogens is 1. The lowest BCUT2D eigenvalue weighted by molar-refractivity contribution is -0.114. The van der Waals surface area contributed by atoms with Gasteiger partial charge in [-0.2, -0.15) is 5.10 Å². The molecule has 0 aliphatic rings. The van der Waals surface area contributed by atoms with Crippen molar-refractivity contribution in [3.05, 3.63) is 53.1 Å². The van der Waals surface area contributed by atoms with Crippen LogP contribution in [0.3, 0.4) is 0 Å². The monoisotopic (exact) mass is 467 g/mol. The summed E-state index contributed by atoms with van der Waals surface area (Å²) in [4.78, 5) is 24.6. The van der Waals surface area contributed by atoms with Gasteiger partial charge in [0.2, 0.25) is 0 Å². The van der Waals surface area contributed by atoms with Crippen LogP contribution in [0.5, 0.6) is 0 Å². The van der Waals surface area contributed by atoms with E-state index in [1.807, 2.05) is 38.1 Å². The van der Waals surface area contributed by atoms with E-state index >= 15 is 0 Å². The normalized spacial score (nSPS) is 11.1. The first-order valence-corrected chi connectivity index (χ1v) is 11.6. The lowest BCUT2D eigenvalue weighted by Crippen LogP contribution is -2.25. The first-order chi connectivity index (χ1) is 16.0. The molecule has 33 heavy (non-hydrogen) atoms. The minimum absolute atomic E-state index is 0.222. The topological polar surface area (TPSA) is 104 Å². The standard InChI is InChI=1S/C24H30ClN7O/c1-17-14-23(31-18(2)30-17)32-29-16-24(33)28-12-7-5-3-4-6-11-26-21-10-13-27-22-15-19(25)8-9-20(21)22/h8-10,13-16H,3-7,11-12H2,1-2H3,(H,26,27)(H,28,33)(H,30,31,32)/b29-16+. The molecule has 8 nitrogen and oxygen atoms in total. The zero-order valence-electron chi connectivity index (χ0n) is 19.1. The molecule has 9 heteroatoms. The van der Waals surface area contributed by atoms with Crippen molar-refractivity contribution in [2.24, 2.45) is 5.10 Å². The number of rotatable bonds is 12. The third-order valence-electron chi connectivity index (χ3n) is 5.00. The van der Waals surface area contributed by atoms with Crippen LogP contribution < -0.4 is 16.1 Å². The molecule has 3 N–H and O–H groups in total. The minimum Gasteiger partial charge on any atom is -0.384 e. The van der Waals surface area contributed by atoms with Crippen molar-refractivity contribution in [2.75, 3.05) is 23.8 Å². The Morgan fingerprint density at radius 1 is 1.03 bits per heavy atom. The van der Waals surface area contributed by atoms with Crippen molar-refractivity contribution in [3.8, 4) is 0 Å². The highest BCUT2D eigenvalue weighted by Crippen LogP contribution is 2.24. The predicted molar refractivity (Wildman–Crippen MR) is 135 cm³/mol. The molecule has 0 fully saturated rings. The Hall–Kier alpha value is -3.26. The van der Waals surface area contributed by atoms with Crippen LogP contribution >= 0.6 is 11.6 Å². The smallest absolute Gasteiger partial charge is 0.264 e. The molecule has 0 saturated carbocycles. The van der Waals surface area contributed by atoms with Crippen molar-refractivity contribution >= 4 is 46.1 Å². The van der Waals surface area contributed by atoms with Gasteiger partial charge in [0, 0.05) is 47.1 Å². The first kappa shape index (κ1) is 24.4. The number of hydrogen-bond acceptors (Lipinski definition) is 7. The molecule has 1 aromatic carbocycles. The highest BCUT2D eigenvalue weighted by Gasteiger charge is 2.02. The zero-order valence-corrected chi connectivity index (χ0v) is 19.8. The molecular weight excluding hydrogens is 438 g/mol. The summed E-state index contributed by atoms with van der Waals surface area (Å²) in [6.45, 7) is 5.24. The summed E-state index contributed by atoms with van der Waals surface area (Å²) in [5.74, 6) is 1.00. The highest BCUT2D eigenvalue weighted by molar-refractivity contribution is 6.31. The molecular formula is C24H30ClN7O. The molecule has 0 saturated heterocycles. The maximum Gasteiger partial charge on any atom is 0.264 e. The quantitative estimate of drug-likeness (QED) is 0.199. The summed E-state index contributed by atoms with van der Waals surface area (Å²) in [6.07, 6.45) is 8.41. The summed E-state index contributed by atoms with van der Waals surface area (Å²) in [6, 6.07) is 9.53. The third kappa shape index (κ3) is 8.31. The SMILES string of the molecule is Cc1cc(N/N=C/C(=O)NCCCCCCCNc2ccnc3cc(Cl)ccc23)nc(C)n1. The molecule has 0 aliphatic heterocycles. The fourth-order valence-electron chi connectivity index (χ4n) is 3.47. The molecule has 174 valence electrons. The number of fused-ring (bicyclic) bond motifs is 1. The number of aromatic nitrogens is 3. The van der Waals surface area contributed by atoms with Crippen molar-refractivity contribution in [1.29, 1.82) is 0 Å². The number of aryl methyl sites for hydroxylation is 2. The number of carbonyl (C=O) groups excluding carboxylic acids is 1. The van der Waals surface area contributed by atoms with Crippen LogP contribution in [-0.4, -0.2) is 40.2 Å². The van der Waals surface area contributed by atoms with Crippen LogP contribution in [-0.2, 0) is 4.79 Å². The Labute approximate surface area is 199 Å². The van der Waals surface area contributed by atoms with Gasteiger partial charge in [-0.15, -0.1) is 0 Å². The van der Waals surface area contributed by atoms with Crippen LogP contribution in [0, 0.1) is 13.8 Å². The summed E-state index contributed by atoms with van der Waals surface area (Å²) in [5, 5.41) is 12.0. The number of carbonyl (C=O) groups is 1. The first-order valence-electron chi connectivity index (χ1n) is 11.2. The second-order valence-corrected chi connectivity index (χ2v) is 8.25. The number of amides is 1. The molecule has 0 bridgehead atoms. The van der Waals surface area contributed by atoms with E-state index < -0.39 is 0 Å².